The Balaban J connectivity index is 1.73. The lowest BCUT2D eigenvalue weighted by Gasteiger charge is -2.50. The van der Waals surface area contributed by atoms with E-state index in [9.17, 15) is 19.5 Å². The predicted octanol–water partition coefficient (Wildman–Crippen LogP) is 4.70. The van der Waals surface area contributed by atoms with Crippen molar-refractivity contribution in [3.63, 3.8) is 0 Å². The topological polar surface area (TPSA) is 112 Å². The molecule has 1 aromatic carbocycles. The van der Waals surface area contributed by atoms with Crippen molar-refractivity contribution in [3.05, 3.63) is 69.3 Å². The van der Waals surface area contributed by atoms with Crippen molar-refractivity contribution >= 4 is 57.2 Å². The first-order valence-electron chi connectivity index (χ1n) is 13.6. The van der Waals surface area contributed by atoms with Gasteiger partial charge in [-0.1, -0.05) is 38.1 Å². The third-order valence-electron chi connectivity index (χ3n) is 7.99. The molecule has 43 heavy (non-hydrogen) atoms. The van der Waals surface area contributed by atoms with Gasteiger partial charge in [0, 0.05) is 25.0 Å². The molecule has 1 fully saturated rings. The highest BCUT2D eigenvalue weighted by atomic mass is 35.5. The Kier molecular flexibility index (Phi) is 7.01. The van der Waals surface area contributed by atoms with Gasteiger partial charge in [0.2, 0.25) is 5.91 Å². The Morgan fingerprint density at radius 3 is 2.67 bits per heavy atom. The van der Waals surface area contributed by atoms with Gasteiger partial charge in [0.25, 0.3) is 11.5 Å². The number of aromatic nitrogens is 3. The van der Waals surface area contributed by atoms with Gasteiger partial charge >= 0.3 is 0 Å². The maximum absolute atomic E-state index is 15.1. The number of thiazole rings is 1. The predicted molar refractivity (Wildman–Crippen MR) is 165 cm³/mol. The molecular formula is C30H28ClFN6O4S. The number of carbonyl (C=O) groups is 2. The van der Waals surface area contributed by atoms with Gasteiger partial charge in [-0.05, 0) is 37.1 Å². The molecule has 3 aromatic heterocycles. The first kappa shape index (κ1) is 28.8. The number of pyridine rings is 2. The summed E-state index contributed by atoms with van der Waals surface area (Å²) < 4.78 is 16.5. The van der Waals surface area contributed by atoms with Crippen molar-refractivity contribution in [3.8, 4) is 22.0 Å². The van der Waals surface area contributed by atoms with Crippen LogP contribution >= 0.6 is 22.9 Å². The molecule has 222 valence electrons. The summed E-state index contributed by atoms with van der Waals surface area (Å²) in [5.41, 5.74) is 2.25. The molecule has 2 amide bonds. The number of aromatic hydroxyl groups is 1. The summed E-state index contributed by atoms with van der Waals surface area (Å²) in [5, 5.41) is 11.6. The number of rotatable bonds is 4. The lowest BCUT2D eigenvalue weighted by Crippen LogP contribution is -2.66. The lowest BCUT2D eigenvalue weighted by molar-refractivity contribution is -0.129. The number of benzene rings is 1. The summed E-state index contributed by atoms with van der Waals surface area (Å²) in [7, 11) is 1.53. The number of piperazine rings is 1. The fourth-order valence-electron chi connectivity index (χ4n) is 6.04. The number of hydrogen-bond donors (Lipinski definition) is 1. The molecule has 6 rings (SSSR count). The van der Waals surface area contributed by atoms with Gasteiger partial charge in [0.05, 0.1) is 39.7 Å². The van der Waals surface area contributed by atoms with E-state index in [0.29, 0.717) is 21.8 Å². The van der Waals surface area contributed by atoms with Crippen LogP contribution in [-0.2, 0) is 9.59 Å². The summed E-state index contributed by atoms with van der Waals surface area (Å²) in [6.45, 7) is 9.73. The molecule has 1 saturated heterocycles. The number of halogens is 2. The molecule has 13 heteroatoms. The molecule has 0 bridgehead atoms. The van der Waals surface area contributed by atoms with E-state index in [1.54, 1.807) is 16.5 Å². The lowest BCUT2D eigenvalue weighted by atomic mass is 9.97. The number of phenolic OH excluding ortho intramolecular Hbond substituents is 1. The van der Waals surface area contributed by atoms with E-state index in [2.05, 4.69) is 11.6 Å². The van der Waals surface area contributed by atoms with Crippen LogP contribution in [0.1, 0.15) is 32.4 Å². The number of amides is 2. The highest BCUT2D eigenvalue weighted by molar-refractivity contribution is 7.12. The largest absolute Gasteiger partial charge is 0.507 e. The maximum atomic E-state index is 15.1. The van der Waals surface area contributed by atoms with Gasteiger partial charge in [0.1, 0.15) is 28.3 Å². The average Bonchev–Trinajstić information content (AvgIpc) is 3.45. The summed E-state index contributed by atoms with van der Waals surface area (Å²) in [6, 6.07) is 4.32. The third kappa shape index (κ3) is 4.30. The Morgan fingerprint density at radius 2 is 2.00 bits per heavy atom. The van der Waals surface area contributed by atoms with Crippen LogP contribution < -0.4 is 15.4 Å². The number of hydrogen-bond acceptors (Lipinski definition) is 8. The molecule has 4 aromatic rings. The number of phenols is 1. The van der Waals surface area contributed by atoms with Crippen molar-refractivity contribution in [2.75, 3.05) is 29.9 Å². The third-order valence-corrected chi connectivity index (χ3v) is 9.10. The standard InChI is InChI=1S/C30H28ClFN6O4S/c1-6-21(40)36-11-15(4)37-19(12-36)28(41)35(5)26-25(37)16-10-17(31)24(22-18(32)8-7-9-20(22)39)34-27(16)38(29(26)42)30-23(14(2)3)33-13-43-30/h6-10,13-15,19,39H,1,11-12H2,2-5H3/t15-,19+/m0/s1. The normalized spacial score (nSPS) is 18.3. The van der Waals surface area contributed by atoms with Gasteiger partial charge in [-0.15, -0.1) is 11.3 Å². The van der Waals surface area contributed by atoms with Crippen LogP contribution in [-0.4, -0.2) is 68.6 Å². The molecule has 5 heterocycles. The molecule has 0 radical (unpaired) electrons. The van der Waals surface area contributed by atoms with Crippen molar-refractivity contribution in [2.24, 2.45) is 0 Å². The minimum atomic E-state index is -0.785. The molecule has 0 aliphatic carbocycles. The molecule has 0 unspecified atom stereocenters. The molecule has 2 atom stereocenters. The van der Waals surface area contributed by atoms with Crippen molar-refractivity contribution in [2.45, 2.75) is 38.8 Å². The first-order valence-corrected chi connectivity index (χ1v) is 14.9. The van der Waals surface area contributed by atoms with Crippen LogP contribution in [0.15, 0.2) is 47.2 Å². The smallest absolute Gasteiger partial charge is 0.283 e. The Morgan fingerprint density at radius 1 is 1.26 bits per heavy atom. The quantitative estimate of drug-likeness (QED) is 0.329. The second-order valence-electron chi connectivity index (χ2n) is 11.0. The monoisotopic (exact) mass is 622 g/mol. The zero-order chi connectivity index (χ0) is 30.9. The van der Waals surface area contributed by atoms with Crippen molar-refractivity contribution < 1.29 is 19.1 Å². The number of fused-ring (bicyclic) bond motifs is 5. The van der Waals surface area contributed by atoms with E-state index in [-0.39, 0.29) is 70.2 Å². The maximum Gasteiger partial charge on any atom is 0.283 e. The van der Waals surface area contributed by atoms with E-state index >= 15 is 4.39 Å². The molecule has 10 nitrogen and oxygen atoms in total. The van der Waals surface area contributed by atoms with Gasteiger partial charge in [-0.25, -0.2) is 18.9 Å². The highest BCUT2D eigenvalue weighted by Gasteiger charge is 2.46. The molecule has 0 spiro atoms. The zero-order valence-corrected chi connectivity index (χ0v) is 25.4. The van der Waals surface area contributed by atoms with Crippen LogP contribution in [0.4, 0.5) is 15.8 Å². The fraction of sp³-hybridized carbons (Fsp3) is 0.300. The number of anilines is 2. The Bertz CT molecular complexity index is 1890. The van der Waals surface area contributed by atoms with Gasteiger partial charge in [-0.2, -0.15) is 0 Å². The second-order valence-corrected chi connectivity index (χ2v) is 12.2. The number of likely N-dealkylation sites (N-methyl/N-ethyl adjacent to an activating group) is 1. The van der Waals surface area contributed by atoms with Crippen molar-refractivity contribution in [1.82, 2.24) is 19.4 Å². The summed E-state index contributed by atoms with van der Waals surface area (Å²) >= 11 is 8.02. The summed E-state index contributed by atoms with van der Waals surface area (Å²) in [4.78, 5) is 54.9. The second kappa shape index (κ2) is 10.5. The van der Waals surface area contributed by atoms with E-state index in [0.717, 1.165) is 0 Å². The van der Waals surface area contributed by atoms with Crippen LogP contribution in [0.2, 0.25) is 5.02 Å². The summed E-state index contributed by atoms with van der Waals surface area (Å²) in [6.07, 6.45) is 1.21. The average molecular weight is 623 g/mol. The van der Waals surface area contributed by atoms with Gasteiger partial charge < -0.3 is 19.8 Å². The molecule has 2 aliphatic heterocycles. The minimum Gasteiger partial charge on any atom is -0.507 e. The SMILES string of the molecule is C=CC(=O)N1C[C@@H]2C(=O)N(C)c3c(c4cc(Cl)c(-c5c(O)cccc5F)nc4n(-c4scnc4C(C)C)c3=O)N2[C@@H](C)C1. The zero-order valence-electron chi connectivity index (χ0n) is 23.8. The van der Waals surface area contributed by atoms with Gasteiger partial charge in [-0.3, -0.25) is 14.4 Å². The van der Waals surface area contributed by atoms with E-state index < -0.39 is 17.4 Å². The fourth-order valence-corrected chi connectivity index (χ4v) is 7.24. The van der Waals surface area contributed by atoms with Gasteiger partial charge in [0.15, 0.2) is 5.65 Å². The van der Waals surface area contributed by atoms with E-state index in [4.69, 9.17) is 16.6 Å². The van der Waals surface area contributed by atoms with Crippen LogP contribution in [0.25, 0.3) is 27.3 Å². The highest BCUT2D eigenvalue weighted by Crippen LogP contribution is 2.45. The van der Waals surface area contributed by atoms with Crippen LogP contribution in [0.3, 0.4) is 0 Å². The molecule has 1 N–H and O–H groups in total. The minimum absolute atomic E-state index is 0.0397. The molecule has 2 aliphatic rings. The number of nitrogens with zero attached hydrogens (tertiary/aromatic N) is 6. The molecular weight excluding hydrogens is 595 g/mol. The van der Waals surface area contributed by atoms with Crippen LogP contribution in [0, 0.1) is 5.82 Å². The Hall–Kier alpha value is -4.29. The van der Waals surface area contributed by atoms with E-state index in [1.807, 2.05) is 25.7 Å². The molecule has 0 saturated carbocycles. The Labute approximate surface area is 255 Å². The number of carbonyl (C=O) groups excluding carboxylic acids is 2. The summed E-state index contributed by atoms with van der Waals surface area (Å²) in [5.74, 6) is -1.78. The van der Waals surface area contributed by atoms with Crippen LogP contribution in [0.5, 0.6) is 5.75 Å². The van der Waals surface area contributed by atoms with E-state index in [1.165, 1.54) is 52.1 Å². The van der Waals surface area contributed by atoms with Crippen molar-refractivity contribution in [1.29, 1.82) is 0 Å². The first-order chi connectivity index (χ1) is 20.5.